The third-order valence-electron chi connectivity index (χ3n) is 12.3. The highest BCUT2D eigenvalue weighted by Gasteiger charge is 2.42. The Labute approximate surface area is 347 Å². The summed E-state index contributed by atoms with van der Waals surface area (Å²) in [5.41, 5.74) is 12.7. The average molecular weight is 845 g/mol. The minimum atomic E-state index is -2.00. The fraction of sp³-hybridized carbons (Fsp3) is 0.643. The van der Waals surface area contributed by atoms with Crippen LogP contribution in [0.1, 0.15) is 94.4 Å². The average Bonchev–Trinajstić information content (AvgIpc) is 3.09. The largest absolute Gasteiger partial charge is 0.493 e. The van der Waals surface area contributed by atoms with Gasteiger partial charge in [-0.3, -0.25) is 9.59 Å². The number of ether oxygens (including phenoxy) is 5. The van der Waals surface area contributed by atoms with Crippen molar-refractivity contribution in [3.63, 3.8) is 0 Å². The number of anilines is 1. The molecule has 2 saturated heterocycles. The molecule has 4 rings (SSSR count). The zero-order valence-electron chi connectivity index (χ0n) is 36.9. The molecule has 14 nitrogen and oxygen atoms in total. The van der Waals surface area contributed by atoms with Gasteiger partial charge in [0.05, 0.1) is 63.9 Å². The molecular weight excluding hydrogens is 777 g/mol. The van der Waals surface area contributed by atoms with Crippen LogP contribution in [-0.4, -0.2) is 110 Å². The van der Waals surface area contributed by atoms with Crippen LogP contribution in [0.2, 0.25) is 36.3 Å². The van der Waals surface area contributed by atoms with E-state index in [1.807, 2.05) is 4.90 Å². The van der Waals surface area contributed by atoms with Gasteiger partial charge < -0.3 is 53.8 Å². The Morgan fingerprint density at radius 1 is 0.655 bits per heavy atom. The second-order valence-electron chi connectivity index (χ2n) is 18.3. The molecule has 2 aliphatic rings. The lowest BCUT2D eigenvalue weighted by atomic mass is 10.0. The molecule has 0 spiro atoms. The number of benzene rings is 2. The van der Waals surface area contributed by atoms with Crippen molar-refractivity contribution in [2.45, 2.75) is 122 Å². The number of primary amides is 1. The van der Waals surface area contributed by atoms with Crippen LogP contribution in [0.25, 0.3) is 0 Å². The molecule has 0 bridgehead atoms. The van der Waals surface area contributed by atoms with Gasteiger partial charge in [-0.15, -0.1) is 0 Å². The Hall–Kier alpha value is -4.00. The van der Waals surface area contributed by atoms with Gasteiger partial charge in [-0.2, -0.15) is 0 Å². The SMILES string of the molecule is COc1cc(C(=O)N2CCC2CO[Si](C)(C)C(C)(C)C)c(N)cc1OCCCCCOc1cc(OC(N)=O)c(C(=O)N2CCC2CO[Si](C)(C)C(C)(C)C)cc1OC. The van der Waals surface area contributed by atoms with Crippen LogP contribution in [-0.2, 0) is 8.85 Å². The van der Waals surface area contributed by atoms with Gasteiger partial charge in [0.25, 0.3) is 11.8 Å². The first-order valence-corrected chi connectivity index (χ1v) is 26.1. The van der Waals surface area contributed by atoms with Gasteiger partial charge in [-0.1, -0.05) is 41.5 Å². The van der Waals surface area contributed by atoms with E-state index >= 15 is 0 Å². The van der Waals surface area contributed by atoms with Crippen LogP contribution in [0.3, 0.4) is 0 Å². The second kappa shape index (κ2) is 18.9. The lowest BCUT2D eigenvalue weighted by Crippen LogP contribution is -2.55. The topological polar surface area (TPSA) is 174 Å². The van der Waals surface area contributed by atoms with Crippen LogP contribution < -0.4 is 35.2 Å². The Balaban J connectivity index is 1.29. The molecule has 2 heterocycles. The number of carbonyl (C=O) groups excluding carboxylic acids is 3. The van der Waals surface area contributed by atoms with E-state index in [0.717, 1.165) is 19.3 Å². The lowest BCUT2D eigenvalue weighted by molar-refractivity contribution is 0.0308. The van der Waals surface area contributed by atoms with Crippen LogP contribution in [0.4, 0.5) is 10.5 Å². The summed E-state index contributed by atoms with van der Waals surface area (Å²) in [6.07, 6.45) is 2.80. The van der Waals surface area contributed by atoms with Crippen LogP contribution in [0, 0.1) is 0 Å². The molecule has 3 amide bonds. The Kier molecular flexibility index (Phi) is 15.2. The van der Waals surface area contributed by atoms with Crippen LogP contribution in [0.5, 0.6) is 28.7 Å². The number of unbranched alkanes of at least 4 members (excludes halogenated alkanes) is 2. The molecule has 324 valence electrons. The maximum absolute atomic E-state index is 13.7. The molecule has 4 N–H and O–H groups in total. The smallest absolute Gasteiger partial charge is 0.409 e. The summed E-state index contributed by atoms with van der Waals surface area (Å²) in [5, 5.41) is 0.136. The van der Waals surface area contributed by atoms with Crippen molar-refractivity contribution in [2.75, 3.05) is 59.5 Å². The number of nitrogen functional groups attached to an aromatic ring is 1. The van der Waals surface area contributed by atoms with Crippen LogP contribution >= 0.6 is 0 Å². The van der Waals surface area contributed by atoms with Crippen molar-refractivity contribution >= 4 is 40.2 Å². The summed E-state index contributed by atoms with van der Waals surface area (Å²) in [5.74, 6) is 1.09. The third-order valence-corrected chi connectivity index (χ3v) is 21.3. The predicted molar refractivity (Wildman–Crippen MR) is 231 cm³/mol. The highest BCUT2D eigenvalue weighted by Crippen LogP contribution is 2.41. The first-order chi connectivity index (χ1) is 27.0. The third kappa shape index (κ3) is 11.2. The van der Waals surface area contributed by atoms with Gasteiger partial charge in [-0.25, -0.2) is 4.79 Å². The van der Waals surface area contributed by atoms with E-state index in [0.29, 0.717) is 86.6 Å². The fourth-order valence-corrected chi connectivity index (χ4v) is 8.15. The van der Waals surface area contributed by atoms with Crippen molar-refractivity contribution in [2.24, 2.45) is 5.73 Å². The number of amides is 3. The molecule has 0 aromatic heterocycles. The Bertz CT molecular complexity index is 1780. The molecule has 2 aliphatic heterocycles. The summed E-state index contributed by atoms with van der Waals surface area (Å²) >= 11 is 0. The maximum Gasteiger partial charge on any atom is 0.409 e. The molecule has 2 fully saturated rings. The van der Waals surface area contributed by atoms with Gasteiger partial charge in [0.1, 0.15) is 5.75 Å². The Morgan fingerprint density at radius 3 is 1.48 bits per heavy atom. The van der Waals surface area contributed by atoms with Crippen molar-refractivity contribution in [1.29, 1.82) is 0 Å². The van der Waals surface area contributed by atoms with E-state index in [-0.39, 0.29) is 45.3 Å². The molecule has 58 heavy (non-hydrogen) atoms. The number of rotatable bonds is 19. The highest BCUT2D eigenvalue weighted by molar-refractivity contribution is 6.74. The van der Waals surface area contributed by atoms with Crippen molar-refractivity contribution in [3.05, 3.63) is 35.4 Å². The number of carbonyl (C=O) groups is 3. The monoisotopic (exact) mass is 844 g/mol. The fourth-order valence-electron chi connectivity index (χ4n) is 6.07. The predicted octanol–water partition coefficient (Wildman–Crippen LogP) is 7.84. The van der Waals surface area contributed by atoms with Gasteiger partial charge in [0.15, 0.2) is 39.6 Å². The van der Waals surface area contributed by atoms with E-state index in [2.05, 4.69) is 67.7 Å². The van der Waals surface area contributed by atoms with E-state index in [1.54, 1.807) is 17.0 Å². The van der Waals surface area contributed by atoms with Gasteiger partial charge in [-0.05, 0) is 74.4 Å². The number of hydrogen-bond acceptors (Lipinski definition) is 11. The minimum absolute atomic E-state index is 0.000970. The van der Waals surface area contributed by atoms with Crippen molar-refractivity contribution in [1.82, 2.24) is 9.80 Å². The van der Waals surface area contributed by atoms with E-state index in [9.17, 15) is 14.4 Å². The van der Waals surface area contributed by atoms with Crippen LogP contribution in [0.15, 0.2) is 24.3 Å². The molecule has 2 atom stereocenters. The van der Waals surface area contributed by atoms with Crippen molar-refractivity contribution < 1.29 is 46.9 Å². The zero-order chi connectivity index (χ0) is 43.2. The summed E-state index contributed by atoms with van der Waals surface area (Å²) in [6.45, 7) is 24.8. The summed E-state index contributed by atoms with van der Waals surface area (Å²) in [6, 6.07) is 6.23. The van der Waals surface area contributed by atoms with Crippen molar-refractivity contribution in [3.8, 4) is 28.7 Å². The number of nitrogens with two attached hydrogens (primary N) is 2. The first-order valence-electron chi connectivity index (χ1n) is 20.3. The summed E-state index contributed by atoms with van der Waals surface area (Å²) < 4.78 is 41.4. The molecule has 16 heteroatoms. The normalized spacial score (nSPS) is 17.2. The van der Waals surface area contributed by atoms with E-state index in [4.69, 9.17) is 44.0 Å². The zero-order valence-corrected chi connectivity index (χ0v) is 38.9. The van der Waals surface area contributed by atoms with Gasteiger partial charge in [0, 0.05) is 37.0 Å². The first kappa shape index (κ1) is 46.7. The molecule has 2 aromatic carbocycles. The van der Waals surface area contributed by atoms with Gasteiger partial charge in [0.2, 0.25) is 0 Å². The highest BCUT2D eigenvalue weighted by atomic mass is 28.4. The Morgan fingerprint density at radius 2 is 1.09 bits per heavy atom. The maximum atomic E-state index is 13.7. The number of hydrogen-bond donors (Lipinski definition) is 2. The number of nitrogens with zero attached hydrogens (tertiary/aromatic N) is 2. The minimum Gasteiger partial charge on any atom is -0.493 e. The lowest BCUT2D eigenvalue weighted by Gasteiger charge is -2.44. The van der Waals surface area contributed by atoms with E-state index in [1.165, 1.54) is 26.4 Å². The quantitative estimate of drug-likeness (QED) is 0.0801. The number of methoxy groups -OCH3 is 2. The molecule has 2 aromatic rings. The summed E-state index contributed by atoms with van der Waals surface area (Å²) in [7, 11) is -0.925. The molecule has 0 radical (unpaired) electrons. The molecule has 2 unspecified atom stereocenters. The summed E-state index contributed by atoms with van der Waals surface area (Å²) in [4.78, 5) is 42.7. The molecule has 0 aliphatic carbocycles. The second-order valence-corrected chi connectivity index (χ2v) is 27.9. The molecular formula is C42H68N4O10Si2. The number of likely N-dealkylation sites (tertiary alicyclic amines) is 2. The standard InChI is InChI=1S/C42H68N4O10Si2/c1-41(2,3)57(9,10)54-26-28-16-18-45(28)38(47)30-22-34(50-7)36(24-32(30)43)52-20-14-13-15-21-53-37-25-33(56-40(44)49)31(23-35(37)51-8)39(48)46-19-17-29(46)27-55-58(11,12)42(4,5)6/h22-25,28-29H,13-21,26-27,43H2,1-12H3,(H2,44,49). The van der Waals surface area contributed by atoms with E-state index < -0.39 is 22.7 Å². The molecule has 0 saturated carbocycles. The van der Waals surface area contributed by atoms with Gasteiger partial charge >= 0.3 is 6.09 Å².